The van der Waals surface area contributed by atoms with Crippen molar-refractivity contribution in [3.8, 4) is 11.5 Å². The first-order chi connectivity index (χ1) is 11.7. The number of benzene rings is 1. The predicted octanol–water partition coefficient (Wildman–Crippen LogP) is 3.20. The molecule has 0 aliphatic heterocycles. The van der Waals surface area contributed by atoms with E-state index in [-0.39, 0.29) is 46.6 Å². The maximum absolute atomic E-state index is 12.3. The first kappa shape index (κ1) is 18.9. The van der Waals surface area contributed by atoms with Crippen LogP contribution in [0.15, 0.2) is 21.3 Å². The fourth-order valence-corrected chi connectivity index (χ4v) is 3.80. The summed E-state index contributed by atoms with van der Waals surface area (Å²) in [6, 6.07) is 0. The van der Waals surface area contributed by atoms with E-state index in [1.54, 1.807) is 13.8 Å². The molecule has 1 aromatic carbocycles. The monoisotopic (exact) mass is 368 g/mol. The highest BCUT2D eigenvalue weighted by Crippen LogP contribution is 2.46. The highest BCUT2D eigenvalue weighted by Gasteiger charge is 2.31. The molecule has 0 spiro atoms. The first-order valence-corrected chi connectivity index (χ1v) is 9.30. The molecule has 2 aromatic rings. The molecular weight excluding hydrogens is 348 g/mol. The Labute approximate surface area is 145 Å². The molecule has 0 radical (unpaired) electrons. The van der Waals surface area contributed by atoms with Gasteiger partial charge in [0.1, 0.15) is 10.6 Å². The Bertz CT molecular complexity index is 952. The van der Waals surface area contributed by atoms with Gasteiger partial charge in [0.25, 0.3) is 0 Å². The molecule has 1 aromatic heterocycles. The number of ether oxygens (including phenoxy) is 1. The number of furan rings is 1. The zero-order chi connectivity index (χ0) is 18.9. The van der Waals surface area contributed by atoms with Crippen molar-refractivity contribution in [2.45, 2.75) is 38.5 Å². The third-order valence-corrected chi connectivity index (χ3v) is 5.29. The van der Waals surface area contributed by atoms with Gasteiger partial charge < -0.3 is 19.4 Å². The van der Waals surface area contributed by atoms with Gasteiger partial charge in [-0.05, 0) is 20.3 Å². The van der Waals surface area contributed by atoms with Crippen LogP contribution >= 0.6 is 0 Å². The maximum atomic E-state index is 12.3. The van der Waals surface area contributed by atoms with E-state index in [0.717, 1.165) is 0 Å². The number of aromatic hydroxyl groups is 2. The summed E-state index contributed by atoms with van der Waals surface area (Å²) >= 11 is 0. The molecule has 2 rings (SSSR count). The Hall–Kier alpha value is -2.48. The third kappa shape index (κ3) is 2.97. The van der Waals surface area contributed by atoms with Crippen LogP contribution in [0.2, 0.25) is 0 Å². The Morgan fingerprint density at radius 1 is 1.28 bits per heavy atom. The van der Waals surface area contributed by atoms with Gasteiger partial charge in [-0.25, -0.2) is 13.2 Å². The number of rotatable bonds is 6. The molecular formula is C17H20O7S. The number of hydrogen-bond donors (Lipinski definition) is 2. The molecule has 0 aliphatic carbocycles. The van der Waals surface area contributed by atoms with E-state index >= 15 is 0 Å². The summed E-state index contributed by atoms with van der Waals surface area (Å²) in [5, 5.41) is 21.9. The van der Waals surface area contributed by atoms with Gasteiger partial charge in [0.05, 0.1) is 12.0 Å². The van der Waals surface area contributed by atoms with E-state index in [4.69, 9.17) is 9.15 Å². The molecule has 0 saturated heterocycles. The molecule has 1 heterocycles. The van der Waals surface area contributed by atoms with E-state index in [1.165, 1.54) is 6.92 Å². The van der Waals surface area contributed by atoms with Crippen LogP contribution in [0, 0.1) is 6.92 Å². The molecule has 25 heavy (non-hydrogen) atoms. The number of phenolic OH excluding ortho intramolecular Hbond substituents is 2. The summed E-state index contributed by atoms with van der Waals surface area (Å²) in [5.41, 5.74) is 0.0474. The predicted molar refractivity (Wildman–Crippen MR) is 91.6 cm³/mol. The van der Waals surface area contributed by atoms with Crippen LogP contribution in [-0.2, 0) is 21.0 Å². The van der Waals surface area contributed by atoms with Crippen LogP contribution < -0.4 is 0 Å². The fraction of sp³-hybridized carbons (Fsp3) is 0.353. The second kappa shape index (κ2) is 6.79. The molecule has 0 unspecified atom stereocenters. The fourth-order valence-electron chi connectivity index (χ4n) is 2.73. The van der Waals surface area contributed by atoms with E-state index in [2.05, 4.69) is 6.58 Å². The van der Waals surface area contributed by atoms with E-state index < -0.39 is 26.5 Å². The standard InChI is InChI=1S/C17H20O7S/c1-5-8-10-12(18)11-9(4)14(17(20)23-6-2)24-15(11)13(19)16(10)25(21,22)7-3/h7,18-19H,3,5-6,8H2,1-2,4H3. The number of aryl methyl sites for hydroxylation is 1. The molecule has 0 aliphatic rings. The first-order valence-electron chi connectivity index (χ1n) is 7.75. The number of carbonyl (C=O) groups excluding carboxylic acids is 1. The average molecular weight is 368 g/mol. The summed E-state index contributed by atoms with van der Waals surface area (Å²) in [6.07, 6.45) is 0.733. The smallest absolute Gasteiger partial charge is 0.374 e. The molecule has 8 heteroatoms. The minimum Gasteiger partial charge on any atom is -0.507 e. The van der Waals surface area contributed by atoms with Crippen molar-refractivity contribution in [3.63, 3.8) is 0 Å². The molecule has 0 amide bonds. The number of esters is 1. The summed E-state index contributed by atoms with van der Waals surface area (Å²) in [4.78, 5) is 11.5. The van der Waals surface area contributed by atoms with Crippen molar-refractivity contribution in [1.29, 1.82) is 0 Å². The largest absolute Gasteiger partial charge is 0.507 e. The van der Waals surface area contributed by atoms with E-state index in [9.17, 15) is 23.4 Å². The molecule has 7 nitrogen and oxygen atoms in total. The zero-order valence-electron chi connectivity index (χ0n) is 14.2. The number of fused-ring (bicyclic) bond motifs is 1. The topological polar surface area (TPSA) is 114 Å². The number of sulfone groups is 1. The van der Waals surface area contributed by atoms with Crippen molar-refractivity contribution < 1.29 is 32.6 Å². The molecule has 136 valence electrons. The Morgan fingerprint density at radius 2 is 1.92 bits per heavy atom. The van der Waals surface area contributed by atoms with Gasteiger partial charge in [0, 0.05) is 16.5 Å². The Morgan fingerprint density at radius 3 is 2.44 bits per heavy atom. The molecule has 0 bridgehead atoms. The van der Waals surface area contributed by atoms with Gasteiger partial charge in [-0.2, -0.15) is 0 Å². The van der Waals surface area contributed by atoms with Crippen molar-refractivity contribution in [1.82, 2.24) is 0 Å². The van der Waals surface area contributed by atoms with Gasteiger partial charge in [0.15, 0.2) is 11.3 Å². The minimum absolute atomic E-state index is 0.0618. The van der Waals surface area contributed by atoms with Crippen molar-refractivity contribution in [2.24, 2.45) is 0 Å². The lowest BCUT2D eigenvalue weighted by Crippen LogP contribution is -2.04. The lowest BCUT2D eigenvalue weighted by molar-refractivity contribution is 0.0491. The van der Waals surface area contributed by atoms with Gasteiger partial charge in [-0.3, -0.25) is 0 Å². The van der Waals surface area contributed by atoms with Crippen LogP contribution in [-0.4, -0.2) is 31.2 Å². The summed E-state index contributed by atoms with van der Waals surface area (Å²) in [5.74, 6) is -1.96. The van der Waals surface area contributed by atoms with Crippen molar-refractivity contribution in [3.05, 3.63) is 28.9 Å². The quantitative estimate of drug-likeness (QED) is 0.594. The lowest BCUT2D eigenvalue weighted by Gasteiger charge is -2.13. The van der Waals surface area contributed by atoms with E-state index in [0.29, 0.717) is 11.8 Å². The van der Waals surface area contributed by atoms with Gasteiger partial charge in [-0.1, -0.05) is 19.9 Å². The lowest BCUT2D eigenvalue weighted by atomic mass is 10.0. The molecule has 0 fully saturated rings. The number of phenols is 2. The van der Waals surface area contributed by atoms with Crippen LogP contribution in [0.3, 0.4) is 0 Å². The normalized spacial score (nSPS) is 11.6. The SMILES string of the molecule is C=CS(=O)(=O)c1c(CCC)c(O)c2c(C)c(C(=O)OCC)oc2c1O. The Kier molecular flexibility index (Phi) is 5.12. The minimum atomic E-state index is -4.05. The van der Waals surface area contributed by atoms with Gasteiger partial charge in [0.2, 0.25) is 15.6 Å². The summed E-state index contributed by atoms with van der Waals surface area (Å²) < 4.78 is 34.9. The van der Waals surface area contributed by atoms with Crippen LogP contribution in [0.4, 0.5) is 0 Å². The van der Waals surface area contributed by atoms with Gasteiger partial charge in [-0.15, -0.1) is 0 Å². The van der Waals surface area contributed by atoms with Crippen molar-refractivity contribution in [2.75, 3.05) is 6.61 Å². The second-order valence-electron chi connectivity index (χ2n) is 5.45. The molecule has 0 atom stereocenters. The van der Waals surface area contributed by atoms with Crippen molar-refractivity contribution >= 4 is 26.8 Å². The number of hydrogen-bond acceptors (Lipinski definition) is 7. The van der Waals surface area contributed by atoms with Crippen LogP contribution in [0.25, 0.3) is 11.0 Å². The van der Waals surface area contributed by atoms with Crippen LogP contribution in [0.5, 0.6) is 11.5 Å². The third-order valence-electron chi connectivity index (χ3n) is 3.84. The second-order valence-corrected chi connectivity index (χ2v) is 7.28. The molecule has 0 saturated carbocycles. The maximum Gasteiger partial charge on any atom is 0.374 e. The molecule has 2 N–H and O–H groups in total. The number of carbonyl (C=O) groups is 1. The summed E-state index contributed by atoms with van der Waals surface area (Å²) in [6.45, 7) is 8.32. The zero-order valence-corrected chi connectivity index (χ0v) is 15.1. The average Bonchev–Trinajstić information content (AvgIpc) is 2.91. The van der Waals surface area contributed by atoms with Crippen LogP contribution in [0.1, 0.15) is 41.9 Å². The van der Waals surface area contributed by atoms with Gasteiger partial charge >= 0.3 is 5.97 Å². The summed E-state index contributed by atoms with van der Waals surface area (Å²) in [7, 11) is -4.05. The highest BCUT2D eigenvalue weighted by atomic mass is 32.2. The highest BCUT2D eigenvalue weighted by molar-refractivity contribution is 7.94. The van der Waals surface area contributed by atoms with E-state index in [1.807, 2.05) is 0 Å². The Balaban J connectivity index is 2.97.